The van der Waals surface area contributed by atoms with Crippen molar-refractivity contribution in [1.29, 1.82) is 0 Å². The topological polar surface area (TPSA) is 30.5 Å². The van der Waals surface area contributed by atoms with Crippen LogP contribution >= 0.6 is 0 Å². The molecule has 0 saturated carbocycles. The molecule has 1 rings (SSSR count). The fourth-order valence-corrected chi connectivity index (χ4v) is 4.64. The first-order chi connectivity index (χ1) is 17.4. The minimum absolute atomic E-state index is 0.522. The number of allylic oxidation sites excluding steroid dienone is 4. The van der Waals surface area contributed by atoms with E-state index in [0.717, 1.165) is 39.4 Å². The van der Waals surface area contributed by atoms with Crippen LogP contribution in [0.4, 0.5) is 0 Å². The summed E-state index contributed by atoms with van der Waals surface area (Å²) in [6.45, 7) is 9.24. The van der Waals surface area contributed by atoms with Crippen molar-refractivity contribution in [2.45, 2.75) is 142 Å². The summed E-state index contributed by atoms with van der Waals surface area (Å²) >= 11 is 0. The van der Waals surface area contributed by atoms with Crippen LogP contribution in [0.25, 0.3) is 0 Å². The van der Waals surface area contributed by atoms with Crippen molar-refractivity contribution >= 4 is 0 Å². The molecular weight excluding hydrogens is 430 g/mol. The molecule has 0 radical (unpaired) electrons. The van der Waals surface area contributed by atoms with E-state index in [0.29, 0.717) is 12.0 Å². The standard InChI is InChI=1S/C32H61NO2/c1-3-5-7-9-11-12-13-14-15-16-17-18-19-20-22-24-28-35-30-31(32-25-26-33-32)29-34-27-23-21-10-8-6-4-2/h11-12,14-15,31-33H,3-10,13,16-30H2,1-2H3/b12-11-,15-14-. The van der Waals surface area contributed by atoms with Crippen LogP contribution < -0.4 is 5.32 Å². The molecule has 0 bridgehead atoms. The zero-order valence-corrected chi connectivity index (χ0v) is 23.8. The van der Waals surface area contributed by atoms with Gasteiger partial charge in [0.1, 0.15) is 0 Å². The van der Waals surface area contributed by atoms with Crippen LogP contribution in [-0.4, -0.2) is 39.0 Å². The van der Waals surface area contributed by atoms with Crippen LogP contribution in [0.15, 0.2) is 24.3 Å². The number of unbranched alkanes of at least 4 members (excludes halogenated alkanes) is 14. The summed E-state index contributed by atoms with van der Waals surface area (Å²) in [6, 6.07) is 0.607. The van der Waals surface area contributed by atoms with Crippen molar-refractivity contribution in [2.24, 2.45) is 5.92 Å². The Morgan fingerprint density at radius 1 is 0.629 bits per heavy atom. The summed E-state index contributed by atoms with van der Waals surface area (Å²) < 4.78 is 12.1. The lowest BCUT2D eigenvalue weighted by molar-refractivity contribution is 0.0114. The average Bonchev–Trinajstić information content (AvgIpc) is 2.83. The molecule has 3 heteroatoms. The summed E-state index contributed by atoms with van der Waals surface area (Å²) in [5.74, 6) is 0.522. The van der Waals surface area contributed by atoms with E-state index in [9.17, 15) is 0 Å². The number of hydrogen-bond acceptors (Lipinski definition) is 3. The van der Waals surface area contributed by atoms with E-state index in [-0.39, 0.29) is 0 Å². The van der Waals surface area contributed by atoms with E-state index < -0.39 is 0 Å². The lowest BCUT2D eigenvalue weighted by atomic mass is 9.93. The smallest absolute Gasteiger partial charge is 0.0531 e. The van der Waals surface area contributed by atoms with Gasteiger partial charge in [-0.3, -0.25) is 0 Å². The zero-order chi connectivity index (χ0) is 25.1. The maximum atomic E-state index is 6.06. The first kappa shape index (κ1) is 32.4. The van der Waals surface area contributed by atoms with Crippen LogP contribution in [0.1, 0.15) is 136 Å². The van der Waals surface area contributed by atoms with Gasteiger partial charge in [0.25, 0.3) is 0 Å². The van der Waals surface area contributed by atoms with E-state index in [1.165, 1.54) is 116 Å². The summed E-state index contributed by atoms with van der Waals surface area (Å²) in [5, 5.41) is 3.56. The Morgan fingerprint density at radius 3 is 1.60 bits per heavy atom. The van der Waals surface area contributed by atoms with Gasteiger partial charge in [-0.1, -0.05) is 109 Å². The van der Waals surface area contributed by atoms with Gasteiger partial charge in [-0.05, 0) is 57.9 Å². The van der Waals surface area contributed by atoms with E-state index in [4.69, 9.17) is 9.47 Å². The molecule has 2 atom stereocenters. The molecular formula is C32H61NO2. The Bertz CT molecular complexity index is 472. The van der Waals surface area contributed by atoms with Crippen molar-refractivity contribution in [2.75, 3.05) is 33.0 Å². The third kappa shape index (κ3) is 21.2. The van der Waals surface area contributed by atoms with Crippen LogP contribution in [0.2, 0.25) is 0 Å². The van der Waals surface area contributed by atoms with Gasteiger partial charge in [-0.2, -0.15) is 0 Å². The third-order valence-corrected chi connectivity index (χ3v) is 7.23. The highest BCUT2D eigenvalue weighted by Gasteiger charge is 2.26. The minimum Gasteiger partial charge on any atom is -0.381 e. The van der Waals surface area contributed by atoms with Crippen molar-refractivity contribution in [1.82, 2.24) is 5.32 Å². The Balaban J connectivity index is 1.88. The van der Waals surface area contributed by atoms with Gasteiger partial charge in [0.05, 0.1) is 13.2 Å². The van der Waals surface area contributed by atoms with Crippen LogP contribution in [0.3, 0.4) is 0 Å². The molecule has 0 amide bonds. The van der Waals surface area contributed by atoms with Crippen LogP contribution in [-0.2, 0) is 9.47 Å². The first-order valence-corrected chi connectivity index (χ1v) is 15.6. The number of nitrogens with one attached hydrogen (secondary N) is 1. The molecule has 35 heavy (non-hydrogen) atoms. The molecule has 1 aliphatic rings. The van der Waals surface area contributed by atoms with Gasteiger partial charge in [0, 0.05) is 25.2 Å². The Labute approximate surface area is 219 Å². The predicted octanol–water partition coefficient (Wildman–Crippen LogP) is 9.17. The highest BCUT2D eigenvalue weighted by atomic mass is 16.5. The molecule has 0 aromatic heterocycles. The monoisotopic (exact) mass is 491 g/mol. The summed E-state index contributed by atoms with van der Waals surface area (Å²) in [5.41, 5.74) is 0. The molecule has 1 N–H and O–H groups in total. The molecule has 1 aliphatic heterocycles. The van der Waals surface area contributed by atoms with Crippen molar-refractivity contribution in [3.63, 3.8) is 0 Å². The highest BCUT2D eigenvalue weighted by Crippen LogP contribution is 2.16. The lowest BCUT2D eigenvalue weighted by Crippen LogP contribution is -2.50. The van der Waals surface area contributed by atoms with Crippen molar-refractivity contribution in [3.05, 3.63) is 24.3 Å². The summed E-state index contributed by atoms with van der Waals surface area (Å²) in [7, 11) is 0. The van der Waals surface area contributed by atoms with Crippen LogP contribution in [0, 0.1) is 5.92 Å². The second-order valence-electron chi connectivity index (χ2n) is 10.6. The molecule has 0 aromatic carbocycles. The average molecular weight is 492 g/mol. The van der Waals surface area contributed by atoms with Crippen molar-refractivity contribution in [3.8, 4) is 0 Å². The Kier molecular flexibility index (Phi) is 24.5. The molecule has 3 nitrogen and oxygen atoms in total. The Hall–Kier alpha value is -0.640. The molecule has 0 aromatic rings. The third-order valence-electron chi connectivity index (χ3n) is 7.23. The fraction of sp³-hybridized carbons (Fsp3) is 0.875. The fourth-order valence-electron chi connectivity index (χ4n) is 4.64. The van der Waals surface area contributed by atoms with E-state index >= 15 is 0 Å². The second kappa shape index (κ2) is 26.4. The minimum atomic E-state index is 0.522. The van der Waals surface area contributed by atoms with E-state index in [1.807, 2.05) is 0 Å². The van der Waals surface area contributed by atoms with Gasteiger partial charge in [0.2, 0.25) is 0 Å². The predicted molar refractivity (Wildman–Crippen MR) is 154 cm³/mol. The van der Waals surface area contributed by atoms with E-state index in [2.05, 4.69) is 43.5 Å². The van der Waals surface area contributed by atoms with Gasteiger partial charge in [-0.25, -0.2) is 0 Å². The lowest BCUT2D eigenvalue weighted by Gasteiger charge is -2.35. The first-order valence-electron chi connectivity index (χ1n) is 15.6. The molecule has 1 saturated heterocycles. The normalized spacial score (nSPS) is 16.9. The molecule has 2 unspecified atom stereocenters. The largest absolute Gasteiger partial charge is 0.381 e. The number of ether oxygens (including phenoxy) is 2. The maximum absolute atomic E-state index is 6.06. The maximum Gasteiger partial charge on any atom is 0.0531 e. The quantitative estimate of drug-likeness (QED) is 0.0917. The van der Waals surface area contributed by atoms with E-state index in [1.54, 1.807) is 0 Å². The molecule has 206 valence electrons. The van der Waals surface area contributed by atoms with Gasteiger partial charge >= 0.3 is 0 Å². The number of hydrogen-bond donors (Lipinski definition) is 1. The highest BCUT2D eigenvalue weighted by molar-refractivity contribution is 4.92. The van der Waals surface area contributed by atoms with Gasteiger partial charge in [0.15, 0.2) is 0 Å². The molecule has 1 heterocycles. The second-order valence-corrected chi connectivity index (χ2v) is 10.6. The Morgan fingerprint density at radius 2 is 1.09 bits per heavy atom. The number of rotatable bonds is 27. The molecule has 0 aliphatic carbocycles. The van der Waals surface area contributed by atoms with Crippen LogP contribution in [0.5, 0.6) is 0 Å². The zero-order valence-electron chi connectivity index (χ0n) is 23.8. The molecule has 1 fully saturated rings. The van der Waals surface area contributed by atoms with Gasteiger partial charge < -0.3 is 14.8 Å². The van der Waals surface area contributed by atoms with Gasteiger partial charge in [-0.15, -0.1) is 0 Å². The molecule has 0 spiro atoms. The summed E-state index contributed by atoms with van der Waals surface area (Å²) in [4.78, 5) is 0. The van der Waals surface area contributed by atoms with Crippen molar-refractivity contribution < 1.29 is 9.47 Å². The summed E-state index contributed by atoms with van der Waals surface area (Å²) in [6.07, 6.45) is 34.2. The SMILES string of the molecule is CCCCC/C=C\C/C=C\CCCCCCCCOCC(COCCCCCCCC)C1CCN1.